The SMILES string of the molecule is COC(=O)C1CCN(C(C)C(=O)Nc2ccc(C(=O)Nc3ccccc3OC)cc2)CC1. The maximum Gasteiger partial charge on any atom is 0.308 e. The molecule has 1 saturated heterocycles. The van der Waals surface area contributed by atoms with Crippen LogP contribution in [0.3, 0.4) is 0 Å². The number of piperidine rings is 1. The lowest BCUT2D eigenvalue weighted by Gasteiger charge is -2.34. The first-order valence-corrected chi connectivity index (χ1v) is 10.6. The van der Waals surface area contributed by atoms with Crippen molar-refractivity contribution in [2.24, 2.45) is 5.92 Å². The monoisotopic (exact) mass is 439 g/mol. The van der Waals surface area contributed by atoms with Crippen LogP contribution in [0.5, 0.6) is 5.75 Å². The van der Waals surface area contributed by atoms with Crippen molar-refractivity contribution in [1.29, 1.82) is 0 Å². The van der Waals surface area contributed by atoms with Gasteiger partial charge >= 0.3 is 5.97 Å². The van der Waals surface area contributed by atoms with Crippen LogP contribution in [0.1, 0.15) is 30.1 Å². The third-order valence-electron chi connectivity index (χ3n) is 5.76. The maximum absolute atomic E-state index is 12.7. The van der Waals surface area contributed by atoms with Crippen molar-refractivity contribution < 1.29 is 23.9 Å². The molecule has 0 bridgehead atoms. The van der Waals surface area contributed by atoms with Crippen LogP contribution in [0.25, 0.3) is 0 Å². The number of nitrogens with one attached hydrogen (secondary N) is 2. The number of anilines is 2. The number of hydrogen-bond donors (Lipinski definition) is 2. The number of para-hydroxylation sites is 2. The van der Waals surface area contributed by atoms with Crippen molar-refractivity contribution in [3.8, 4) is 5.75 Å². The molecule has 2 aromatic rings. The molecule has 3 rings (SSSR count). The van der Waals surface area contributed by atoms with Crippen LogP contribution >= 0.6 is 0 Å². The second kappa shape index (κ2) is 10.8. The molecule has 2 N–H and O–H groups in total. The third kappa shape index (κ3) is 5.64. The zero-order chi connectivity index (χ0) is 23.1. The minimum absolute atomic E-state index is 0.0962. The van der Waals surface area contributed by atoms with Gasteiger partial charge in [-0.2, -0.15) is 0 Å². The Bertz CT molecular complexity index is 952. The van der Waals surface area contributed by atoms with Gasteiger partial charge in [-0.15, -0.1) is 0 Å². The van der Waals surface area contributed by atoms with Gasteiger partial charge in [0.25, 0.3) is 5.91 Å². The van der Waals surface area contributed by atoms with Crippen molar-refractivity contribution in [3.63, 3.8) is 0 Å². The number of hydrogen-bond acceptors (Lipinski definition) is 6. The predicted octanol–water partition coefficient (Wildman–Crippen LogP) is 3.16. The molecule has 0 radical (unpaired) electrons. The Balaban J connectivity index is 1.54. The fraction of sp³-hybridized carbons (Fsp3) is 0.375. The molecule has 8 heteroatoms. The predicted molar refractivity (Wildman–Crippen MR) is 122 cm³/mol. The van der Waals surface area contributed by atoms with Gasteiger partial charge in [-0.25, -0.2) is 0 Å². The Morgan fingerprint density at radius 2 is 1.62 bits per heavy atom. The number of esters is 1. The molecule has 0 spiro atoms. The number of likely N-dealkylation sites (tertiary alicyclic amines) is 1. The van der Waals surface area contributed by atoms with Crippen molar-refractivity contribution in [2.45, 2.75) is 25.8 Å². The number of ether oxygens (including phenoxy) is 2. The lowest BCUT2D eigenvalue weighted by Crippen LogP contribution is -2.47. The normalized spacial score (nSPS) is 15.5. The van der Waals surface area contributed by atoms with Gasteiger partial charge < -0.3 is 20.1 Å². The van der Waals surface area contributed by atoms with Gasteiger partial charge in [0.2, 0.25) is 5.91 Å². The largest absolute Gasteiger partial charge is 0.495 e. The summed E-state index contributed by atoms with van der Waals surface area (Å²) in [7, 11) is 2.95. The maximum atomic E-state index is 12.7. The lowest BCUT2D eigenvalue weighted by atomic mass is 9.96. The average molecular weight is 440 g/mol. The second-order valence-electron chi connectivity index (χ2n) is 7.73. The van der Waals surface area contributed by atoms with E-state index < -0.39 is 0 Å². The number of nitrogens with zero attached hydrogens (tertiary/aromatic N) is 1. The molecule has 0 aromatic heterocycles. The molecule has 1 atom stereocenters. The van der Waals surface area contributed by atoms with E-state index in [1.807, 2.05) is 19.1 Å². The molecule has 0 aliphatic carbocycles. The fourth-order valence-electron chi connectivity index (χ4n) is 3.75. The molecule has 32 heavy (non-hydrogen) atoms. The number of methoxy groups -OCH3 is 2. The lowest BCUT2D eigenvalue weighted by molar-refractivity contribution is -0.147. The van der Waals surface area contributed by atoms with Crippen molar-refractivity contribution in [3.05, 3.63) is 54.1 Å². The Hall–Kier alpha value is -3.39. The highest BCUT2D eigenvalue weighted by Crippen LogP contribution is 2.24. The molecule has 8 nitrogen and oxygen atoms in total. The summed E-state index contributed by atoms with van der Waals surface area (Å²) in [5.41, 5.74) is 1.66. The zero-order valence-corrected chi connectivity index (χ0v) is 18.6. The summed E-state index contributed by atoms with van der Waals surface area (Å²) in [6.45, 7) is 3.18. The molecule has 170 valence electrons. The van der Waals surface area contributed by atoms with Crippen LogP contribution in [-0.4, -0.2) is 56.0 Å². The highest BCUT2D eigenvalue weighted by atomic mass is 16.5. The smallest absolute Gasteiger partial charge is 0.308 e. The summed E-state index contributed by atoms with van der Waals surface area (Å²) in [6.07, 6.45) is 1.36. The van der Waals surface area contributed by atoms with E-state index >= 15 is 0 Å². The summed E-state index contributed by atoms with van der Waals surface area (Å²) in [5.74, 6) is -0.103. The second-order valence-corrected chi connectivity index (χ2v) is 7.73. The van der Waals surface area contributed by atoms with Crippen LogP contribution < -0.4 is 15.4 Å². The van der Waals surface area contributed by atoms with E-state index in [0.717, 1.165) is 0 Å². The highest BCUT2D eigenvalue weighted by molar-refractivity contribution is 6.05. The summed E-state index contributed by atoms with van der Waals surface area (Å²) in [6, 6.07) is 13.6. The van der Waals surface area contributed by atoms with Gasteiger partial charge in [0.05, 0.1) is 31.9 Å². The van der Waals surface area contributed by atoms with Gasteiger partial charge in [-0.05, 0) is 69.3 Å². The van der Waals surface area contributed by atoms with Crippen molar-refractivity contribution >= 4 is 29.2 Å². The van der Waals surface area contributed by atoms with E-state index in [2.05, 4.69) is 15.5 Å². The molecule has 1 aliphatic rings. The van der Waals surface area contributed by atoms with E-state index in [0.29, 0.717) is 48.6 Å². The van der Waals surface area contributed by atoms with E-state index in [1.165, 1.54) is 7.11 Å². The van der Waals surface area contributed by atoms with Crippen LogP contribution in [0.4, 0.5) is 11.4 Å². The first kappa shape index (κ1) is 23.3. The number of carbonyl (C=O) groups excluding carboxylic acids is 3. The molecular weight excluding hydrogens is 410 g/mol. The Morgan fingerprint density at radius 1 is 0.969 bits per heavy atom. The van der Waals surface area contributed by atoms with E-state index in [9.17, 15) is 14.4 Å². The molecule has 1 aliphatic heterocycles. The zero-order valence-electron chi connectivity index (χ0n) is 18.6. The summed E-state index contributed by atoms with van der Waals surface area (Å²) in [4.78, 5) is 38.9. The van der Waals surface area contributed by atoms with E-state index in [4.69, 9.17) is 9.47 Å². The number of amides is 2. The molecular formula is C24H29N3O5. The van der Waals surface area contributed by atoms with E-state index in [1.54, 1.807) is 43.5 Å². The third-order valence-corrected chi connectivity index (χ3v) is 5.76. The average Bonchev–Trinajstić information content (AvgIpc) is 2.83. The Morgan fingerprint density at radius 3 is 2.25 bits per heavy atom. The van der Waals surface area contributed by atoms with Crippen LogP contribution in [0.2, 0.25) is 0 Å². The molecule has 1 fully saturated rings. The topological polar surface area (TPSA) is 97.0 Å². The van der Waals surface area contributed by atoms with Crippen LogP contribution in [-0.2, 0) is 14.3 Å². The molecule has 0 saturated carbocycles. The first-order valence-electron chi connectivity index (χ1n) is 10.6. The number of rotatable bonds is 7. The van der Waals surface area contributed by atoms with Crippen molar-refractivity contribution in [2.75, 3.05) is 37.9 Å². The van der Waals surface area contributed by atoms with Gasteiger partial charge in [-0.3, -0.25) is 19.3 Å². The van der Waals surface area contributed by atoms with Gasteiger partial charge in [0, 0.05) is 11.3 Å². The molecule has 2 amide bonds. The minimum atomic E-state index is -0.331. The van der Waals surface area contributed by atoms with Gasteiger partial charge in [0.15, 0.2) is 0 Å². The highest BCUT2D eigenvalue weighted by Gasteiger charge is 2.30. The van der Waals surface area contributed by atoms with Crippen molar-refractivity contribution in [1.82, 2.24) is 4.90 Å². The molecule has 1 unspecified atom stereocenters. The number of benzene rings is 2. The van der Waals surface area contributed by atoms with E-state index in [-0.39, 0.29) is 29.7 Å². The van der Waals surface area contributed by atoms with Gasteiger partial charge in [-0.1, -0.05) is 12.1 Å². The minimum Gasteiger partial charge on any atom is -0.495 e. The first-order chi connectivity index (χ1) is 15.4. The Kier molecular flexibility index (Phi) is 7.83. The van der Waals surface area contributed by atoms with Crippen LogP contribution in [0.15, 0.2) is 48.5 Å². The molecule has 2 aromatic carbocycles. The summed E-state index contributed by atoms with van der Waals surface area (Å²) < 4.78 is 10.1. The summed E-state index contributed by atoms with van der Waals surface area (Å²) >= 11 is 0. The van der Waals surface area contributed by atoms with Crippen LogP contribution in [0, 0.1) is 5.92 Å². The molecule has 1 heterocycles. The summed E-state index contributed by atoms with van der Waals surface area (Å²) in [5, 5.41) is 5.72. The Labute approximate surface area is 187 Å². The number of carbonyl (C=O) groups is 3. The standard InChI is InChI=1S/C24H29N3O5/c1-16(27-14-12-18(13-15-27)24(30)32-3)22(28)25-19-10-8-17(9-11-19)23(29)26-20-6-4-5-7-21(20)31-2/h4-11,16,18H,12-15H2,1-3H3,(H,25,28)(H,26,29). The quantitative estimate of drug-likeness (QED) is 0.644. The van der Waals surface area contributed by atoms with Gasteiger partial charge in [0.1, 0.15) is 5.75 Å². The fourth-order valence-corrected chi connectivity index (χ4v) is 3.75.